The van der Waals surface area contributed by atoms with Gasteiger partial charge in [-0.05, 0) is 24.1 Å². The molecule has 2 rings (SSSR count). The van der Waals surface area contributed by atoms with Crippen molar-refractivity contribution in [3.8, 4) is 0 Å². The molecule has 0 saturated carbocycles. The minimum Gasteiger partial charge on any atom is -0.480 e. The second-order valence-corrected chi connectivity index (χ2v) is 8.86. The number of carboxylic acid groups (broad SMARTS) is 1. The minimum absolute atomic E-state index is 0.0155. The van der Waals surface area contributed by atoms with Crippen LogP contribution in [0.5, 0.6) is 0 Å². The van der Waals surface area contributed by atoms with Crippen LogP contribution < -0.4 is 15.4 Å². The second kappa shape index (κ2) is 26.4. The van der Waals surface area contributed by atoms with Crippen LogP contribution in [0.1, 0.15) is 73.8 Å². The molecule has 2 aromatic carbocycles. The van der Waals surface area contributed by atoms with Crippen molar-refractivity contribution in [1.82, 2.24) is 15.4 Å². The Kier molecular flexibility index (Phi) is 27.2. The molecule has 0 radical (unpaired) electrons. The molecule has 0 bridgehead atoms. The summed E-state index contributed by atoms with van der Waals surface area (Å²) in [5.74, 6) is -2.54. The van der Waals surface area contributed by atoms with Gasteiger partial charge < -0.3 is 15.7 Å². The predicted molar refractivity (Wildman–Crippen MR) is 159 cm³/mol. The van der Waals surface area contributed by atoms with E-state index in [1.165, 1.54) is 30.7 Å². The van der Waals surface area contributed by atoms with E-state index >= 15 is 0 Å². The zero-order valence-corrected chi connectivity index (χ0v) is 25.6. The second-order valence-electron chi connectivity index (χ2n) is 7.09. The van der Waals surface area contributed by atoms with Crippen LogP contribution >= 0.6 is 0 Å². The zero-order chi connectivity index (χ0) is 30.7. The Morgan fingerprint density at radius 3 is 1.72 bits per heavy atom. The van der Waals surface area contributed by atoms with Crippen molar-refractivity contribution >= 4 is 27.8 Å². The van der Waals surface area contributed by atoms with Crippen LogP contribution in [0.2, 0.25) is 0 Å². The maximum absolute atomic E-state index is 12.1. The van der Waals surface area contributed by atoms with Crippen LogP contribution in [-0.4, -0.2) is 50.4 Å². The molecule has 0 aliphatic heterocycles. The quantitative estimate of drug-likeness (QED) is 0.308. The van der Waals surface area contributed by atoms with E-state index in [9.17, 15) is 27.9 Å². The highest BCUT2D eigenvalue weighted by atomic mass is 32.2. The molecule has 39 heavy (non-hydrogen) atoms. The highest BCUT2D eigenvalue weighted by Crippen LogP contribution is 2.06. The Morgan fingerprint density at radius 2 is 1.26 bits per heavy atom. The van der Waals surface area contributed by atoms with Crippen molar-refractivity contribution < 1.29 is 27.9 Å². The Bertz CT molecular complexity index is 985. The lowest BCUT2D eigenvalue weighted by Gasteiger charge is -2.16. The smallest absolute Gasteiger partial charge is 0.328 e. The third-order valence-corrected chi connectivity index (χ3v) is 5.51. The van der Waals surface area contributed by atoms with Gasteiger partial charge in [0.25, 0.3) is 0 Å². The number of aryl methyl sites for hydroxylation is 1. The van der Waals surface area contributed by atoms with Crippen molar-refractivity contribution in [1.29, 1.82) is 0 Å². The Hall–Kier alpha value is -3.24. The SMILES string of the molecule is CC.CC.CC.CCC.O=C(CCc1ccccc1)NCC(NC(=O)CNS(=O)(=O)c1ccccc1)C(=O)O. The predicted octanol–water partition coefficient (Wildman–Crippen LogP) is 4.78. The maximum atomic E-state index is 12.1. The Morgan fingerprint density at radius 1 is 0.795 bits per heavy atom. The fourth-order valence-electron chi connectivity index (χ4n) is 2.50. The van der Waals surface area contributed by atoms with Gasteiger partial charge in [0.05, 0.1) is 11.4 Å². The molecule has 0 saturated heterocycles. The van der Waals surface area contributed by atoms with Gasteiger partial charge >= 0.3 is 5.97 Å². The molecule has 10 heteroatoms. The monoisotopic (exact) mass is 567 g/mol. The molecule has 2 aromatic rings. The number of benzene rings is 2. The lowest BCUT2D eigenvalue weighted by molar-refractivity contribution is -0.141. The summed E-state index contributed by atoms with van der Waals surface area (Å²) in [4.78, 5) is 35.2. The average molecular weight is 568 g/mol. The first-order valence-corrected chi connectivity index (χ1v) is 15.0. The van der Waals surface area contributed by atoms with Crippen LogP contribution in [0, 0.1) is 0 Å². The number of nitrogens with one attached hydrogen (secondary N) is 3. The third-order valence-electron chi connectivity index (χ3n) is 4.10. The largest absolute Gasteiger partial charge is 0.480 e. The maximum Gasteiger partial charge on any atom is 0.328 e. The fraction of sp³-hybridized carbons (Fsp3) is 0.483. The first-order valence-electron chi connectivity index (χ1n) is 13.6. The Labute approximate surface area is 235 Å². The van der Waals surface area contributed by atoms with E-state index in [1.807, 2.05) is 71.9 Å². The molecule has 222 valence electrons. The van der Waals surface area contributed by atoms with Crippen molar-refractivity contribution in [2.45, 2.75) is 85.6 Å². The number of carbonyl (C=O) groups excluding carboxylic acids is 2. The molecule has 0 fully saturated rings. The number of aliphatic carboxylic acids is 1. The average Bonchev–Trinajstić information content (AvgIpc) is 2.97. The van der Waals surface area contributed by atoms with Gasteiger partial charge in [0.2, 0.25) is 21.8 Å². The van der Waals surface area contributed by atoms with E-state index in [4.69, 9.17) is 0 Å². The summed E-state index contributed by atoms with van der Waals surface area (Å²) in [6.07, 6.45) is 1.92. The molecule has 2 amide bonds. The molecule has 9 nitrogen and oxygen atoms in total. The molecule has 1 unspecified atom stereocenters. The third kappa shape index (κ3) is 20.4. The topological polar surface area (TPSA) is 142 Å². The van der Waals surface area contributed by atoms with Crippen molar-refractivity contribution in [2.24, 2.45) is 0 Å². The van der Waals surface area contributed by atoms with Gasteiger partial charge in [-0.15, -0.1) is 0 Å². The molecule has 4 N–H and O–H groups in total. The van der Waals surface area contributed by atoms with Crippen molar-refractivity contribution in [3.05, 3.63) is 66.2 Å². The number of carboxylic acids is 1. The lowest BCUT2D eigenvalue weighted by atomic mass is 10.1. The summed E-state index contributed by atoms with van der Waals surface area (Å²) in [6, 6.07) is 15.4. The molecular weight excluding hydrogens is 518 g/mol. The first kappa shape index (κ1) is 40.3. The molecule has 1 atom stereocenters. The highest BCUT2D eigenvalue weighted by Gasteiger charge is 2.22. The van der Waals surface area contributed by atoms with Crippen LogP contribution in [0.3, 0.4) is 0 Å². The zero-order valence-electron chi connectivity index (χ0n) is 24.8. The number of carbonyl (C=O) groups is 3. The van der Waals surface area contributed by atoms with Crippen LogP contribution in [0.25, 0.3) is 0 Å². The van der Waals surface area contributed by atoms with Gasteiger partial charge in [0.1, 0.15) is 6.04 Å². The van der Waals surface area contributed by atoms with Crippen LogP contribution in [-0.2, 0) is 30.8 Å². The van der Waals surface area contributed by atoms with Gasteiger partial charge in [0.15, 0.2) is 0 Å². The molecular formula is C29H49N3O6S. The number of hydrogen-bond acceptors (Lipinski definition) is 5. The number of rotatable bonds is 11. The molecule has 0 spiro atoms. The van der Waals surface area contributed by atoms with E-state index in [1.54, 1.807) is 6.07 Å². The van der Waals surface area contributed by atoms with Gasteiger partial charge in [-0.2, -0.15) is 0 Å². The van der Waals surface area contributed by atoms with Crippen molar-refractivity contribution in [2.75, 3.05) is 13.1 Å². The van der Waals surface area contributed by atoms with Gasteiger partial charge in [-0.3, -0.25) is 9.59 Å². The minimum atomic E-state index is -3.90. The summed E-state index contributed by atoms with van der Waals surface area (Å²) >= 11 is 0. The van der Waals surface area contributed by atoms with E-state index < -0.39 is 34.5 Å². The number of hydrogen-bond donors (Lipinski definition) is 4. The summed E-state index contributed by atoms with van der Waals surface area (Å²) in [5, 5.41) is 13.9. The Balaban J connectivity index is -0.00000129. The van der Waals surface area contributed by atoms with E-state index in [-0.39, 0.29) is 23.8 Å². The van der Waals surface area contributed by atoms with E-state index in [0.29, 0.717) is 6.42 Å². The van der Waals surface area contributed by atoms with E-state index in [2.05, 4.69) is 29.2 Å². The molecule has 0 aromatic heterocycles. The molecule has 0 aliphatic rings. The van der Waals surface area contributed by atoms with Gasteiger partial charge in [0, 0.05) is 13.0 Å². The summed E-state index contributed by atoms with van der Waals surface area (Å²) in [5.41, 5.74) is 0.974. The highest BCUT2D eigenvalue weighted by molar-refractivity contribution is 7.89. The number of sulfonamides is 1. The first-order chi connectivity index (χ1) is 18.7. The number of amides is 2. The lowest BCUT2D eigenvalue weighted by Crippen LogP contribution is -2.50. The van der Waals surface area contributed by atoms with Crippen LogP contribution in [0.15, 0.2) is 65.6 Å². The summed E-state index contributed by atoms with van der Waals surface area (Å²) in [7, 11) is -3.90. The van der Waals surface area contributed by atoms with E-state index in [0.717, 1.165) is 5.56 Å². The van der Waals surface area contributed by atoms with Crippen molar-refractivity contribution in [3.63, 3.8) is 0 Å². The van der Waals surface area contributed by atoms with Crippen LogP contribution in [0.4, 0.5) is 0 Å². The molecule has 0 aliphatic carbocycles. The summed E-state index contributed by atoms with van der Waals surface area (Å²) in [6.45, 7) is 15.3. The van der Waals surface area contributed by atoms with Gasteiger partial charge in [-0.1, -0.05) is 110 Å². The fourth-order valence-corrected chi connectivity index (χ4v) is 3.50. The normalized spacial score (nSPS) is 10.2. The van der Waals surface area contributed by atoms with Gasteiger partial charge in [-0.25, -0.2) is 17.9 Å². The standard InChI is InChI=1S/C20H23N3O6S.C3H8.3C2H6/c24-18(12-11-15-7-3-1-4-8-15)21-13-17(20(26)27)23-19(25)14-22-30(28,29)16-9-5-2-6-10-16;1-3-2;3*1-2/h1-10,17,22H,11-14H2,(H,21,24)(H,23,25)(H,26,27);3H2,1-2H3;3*1-2H3. The molecule has 0 heterocycles. The summed E-state index contributed by atoms with van der Waals surface area (Å²) < 4.78 is 26.3.